The first-order valence-electron chi connectivity index (χ1n) is 8.88. The summed E-state index contributed by atoms with van der Waals surface area (Å²) in [5.41, 5.74) is 8.46. The number of hydrazine groups is 2. The molecule has 3 aromatic rings. The predicted octanol–water partition coefficient (Wildman–Crippen LogP) is 2.46. The molecule has 2 aromatic carbocycles. The van der Waals surface area contributed by atoms with Crippen LogP contribution < -0.4 is 21.7 Å². The smallest absolute Gasteiger partial charge is 0.276 e. The molecule has 14 nitrogen and oxygen atoms in total. The van der Waals surface area contributed by atoms with E-state index in [9.17, 15) is 29.8 Å². The van der Waals surface area contributed by atoms with Crippen LogP contribution in [0.3, 0.4) is 0 Å². The molecule has 1 heterocycles. The van der Waals surface area contributed by atoms with Crippen molar-refractivity contribution < 1.29 is 19.4 Å². The van der Waals surface area contributed by atoms with E-state index in [1.165, 1.54) is 24.3 Å². The van der Waals surface area contributed by atoms with Crippen LogP contribution in [-0.4, -0.2) is 31.6 Å². The third-order valence-electron chi connectivity index (χ3n) is 4.02. The lowest BCUT2D eigenvalue weighted by atomic mass is 10.2. The summed E-state index contributed by atoms with van der Waals surface area (Å²) in [6.45, 7) is 0. The van der Waals surface area contributed by atoms with E-state index in [0.29, 0.717) is 5.02 Å². The number of hydrogen-bond donors (Lipinski definition) is 4. The molecular weight excluding hydrogens is 460 g/mol. The Labute approximate surface area is 189 Å². The highest BCUT2D eigenvalue weighted by atomic mass is 35.5. The van der Waals surface area contributed by atoms with Gasteiger partial charge in [-0.3, -0.25) is 51.5 Å². The molecule has 0 atom stereocenters. The number of nitro benzene ring substituents is 1. The van der Waals surface area contributed by atoms with Crippen molar-refractivity contribution in [3.05, 3.63) is 91.2 Å². The number of anilines is 2. The Morgan fingerprint density at radius 2 is 1.39 bits per heavy atom. The fraction of sp³-hybridized carbons (Fsp3) is 0. The maximum absolute atomic E-state index is 12.2. The van der Waals surface area contributed by atoms with Crippen LogP contribution in [0.4, 0.5) is 23.0 Å². The first kappa shape index (κ1) is 22.8. The van der Waals surface area contributed by atoms with E-state index in [1.807, 2.05) is 0 Å². The Morgan fingerprint density at radius 1 is 0.818 bits per heavy atom. The number of halogens is 1. The lowest BCUT2D eigenvalue weighted by Gasteiger charge is -2.11. The number of hydrogen-bond acceptors (Lipinski definition) is 10. The van der Waals surface area contributed by atoms with Gasteiger partial charge in [-0.2, -0.15) is 0 Å². The van der Waals surface area contributed by atoms with Gasteiger partial charge in [-0.15, -0.1) is 0 Å². The van der Waals surface area contributed by atoms with Gasteiger partial charge >= 0.3 is 5.69 Å². The number of amides is 2. The van der Waals surface area contributed by atoms with E-state index < -0.39 is 27.3 Å². The first-order chi connectivity index (χ1) is 15.8. The minimum atomic E-state index is -0.825. The van der Waals surface area contributed by atoms with Crippen LogP contribution in [0, 0.1) is 20.2 Å². The van der Waals surface area contributed by atoms with Crippen molar-refractivity contribution in [2.24, 2.45) is 0 Å². The zero-order valence-electron chi connectivity index (χ0n) is 16.3. The summed E-state index contributed by atoms with van der Waals surface area (Å²) in [5.74, 6) is -2.12. The van der Waals surface area contributed by atoms with Crippen LogP contribution in [0.5, 0.6) is 0 Å². The summed E-state index contributed by atoms with van der Waals surface area (Å²) >= 11 is 5.84. The highest BCUT2D eigenvalue weighted by Gasteiger charge is 2.24. The number of nitro groups is 2. The van der Waals surface area contributed by atoms with Gasteiger partial charge in [0.05, 0.1) is 9.85 Å². The Morgan fingerprint density at radius 3 is 1.91 bits per heavy atom. The second kappa shape index (κ2) is 9.97. The molecule has 168 valence electrons. The molecular formula is C18H13ClN8O6. The normalized spacial score (nSPS) is 10.1. The minimum Gasteiger partial charge on any atom is -0.276 e. The number of non-ortho nitro benzene ring substituents is 1. The first-order valence-corrected chi connectivity index (χ1v) is 9.26. The Bertz CT molecular complexity index is 1240. The highest BCUT2D eigenvalue weighted by Crippen LogP contribution is 2.28. The number of rotatable bonds is 8. The zero-order chi connectivity index (χ0) is 24.0. The van der Waals surface area contributed by atoms with E-state index >= 15 is 0 Å². The van der Waals surface area contributed by atoms with Crippen LogP contribution in [0.1, 0.15) is 20.7 Å². The van der Waals surface area contributed by atoms with Crippen molar-refractivity contribution in [1.82, 2.24) is 20.8 Å². The maximum Gasteiger partial charge on any atom is 0.356 e. The van der Waals surface area contributed by atoms with Gasteiger partial charge in [-0.05, 0) is 30.3 Å². The molecule has 1 aromatic heterocycles. The summed E-state index contributed by atoms with van der Waals surface area (Å²) in [4.78, 5) is 52.7. The predicted molar refractivity (Wildman–Crippen MR) is 115 cm³/mol. The van der Waals surface area contributed by atoms with E-state index in [-0.39, 0.29) is 28.5 Å². The van der Waals surface area contributed by atoms with E-state index in [0.717, 1.165) is 18.5 Å². The Balaban J connectivity index is 1.72. The Kier molecular flexibility index (Phi) is 6.90. The average Bonchev–Trinajstić information content (AvgIpc) is 2.80. The molecule has 0 aliphatic heterocycles. The topological polar surface area (TPSA) is 194 Å². The molecule has 33 heavy (non-hydrogen) atoms. The van der Waals surface area contributed by atoms with Gasteiger partial charge in [0.1, 0.15) is 6.33 Å². The van der Waals surface area contributed by atoms with Gasteiger partial charge in [0, 0.05) is 28.3 Å². The molecule has 0 saturated carbocycles. The van der Waals surface area contributed by atoms with E-state index in [2.05, 4.69) is 31.7 Å². The lowest BCUT2D eigenvalue weighted by Crippen LogP contribution is -2.32. The lowest BCUT2D eigenvalue weighted by molar-refractivity contribution is -0.384. The fourth-order valence-electron chi connectivity index (χ4n) is 2.48. The van der Waals surface area contributed by atoms with Gasteiger partial charge in [-0.25, -0.2) is 9.97 Å². The van der Waals surface area contributed by atoms with Crippen molar-refractivity contribution in [2.45, 2.75) is 0 Å². The molecule has 0 spiro atoms. The zero-order valence-corrected chi connectivity index (χ0v) is 17.1. The summed E-state index contributed by atoms with van der Waals surface area (Å²) in [5, 5.41) is 22.6. The minimum absolute atomic E-state index is 0.0527. The molecule has 0 bridgehead atoms. The Hall–Kier alpha value is -4.85. The quantitative estimate of drug-likeness (QED) is 0.279. The van der Waals surface area contributed by atoms with Crippen molar-refractivity contribution >= 4 is 46.4 Å². The largest absolute Gasteiger partial charge is 0.356 e. The van der Waals surface area contributed by atoms with Gasteiger partial charge in [0.25, 0.3) is 17.5 Å². The molecule has 0 aliphatic carbocycles. The molecule has 0 fully saturated rings. The SMILES string of the molecule is O=C(NNc1ncnc(NNC(=O)c2cccc(Cl)c2)c1[N+](=O)[O-])c1ccc([N+](=O)[O-])cc1. The fourth-order valence-corrected chi connectivity index (χ4v) is 2.67. The molecule has 0 saturated heterocycles. The summed E-state index contributed by atoms with van der Waals surface area (Å²) in [7, 11) is 0. The van der Waals surface area contributed by atoms with Gasteiger partial charge in [-0.1, -0.05) is 17.7 Å². The number of nitrogens with zero attached hydrogens (tertiary/aromatic N) is 4. The van der Waals surface area contributed by atoms with Crippen LogP contribution in [0.25, 0.3) is 0 Å². The summed E-state index contributed by atoms with van der Waals surface area (Å²) in [6.07, 6.45) is 0.960. The standard InChI is InChI=1S/C18H13ClN8O6/c19-12-3-1-2-11(8-12)18(29)25-23-16-14(27(32)33)15(20-9-21-16)22-24-17(28)10-4-6-13(7-5-10)26(30)31/h1-9H,(H,24,28)(H,25,29)(H2,20,21,22,23). The number of aromatic nitrogens is 2. The molecule has 0 radical (unpaired) electrons. The number of benzene rings is 2. The highest BCUT2D eigenvalue weighted by molar-refractivity contribution is 6.30. The van der Waals surface area contributed by atoms with Gasteiger partial charge in [0.2, 0.25) is 11.6 Å². The van der Waals surface area contributed by atoms with Crippen LogP contribution in [0.2, 0.25) is 5.02 Å². The van der Waals surface area contributed by atoms with Crippen molar-refractivity contribution in [3.8, 4) is 0 Å². The molecule has 4 N–H and O–H groups in total. The van der Waals surface area contributed by atoms with Crippen LogP contribution in [-0.2, 0) is 0 Å². The molecule has 3 rings (SSSR count). The number of nitrogens with one attached hydrogen (secondary N) is 4. The number of carbonyl (C=O) groups is 2. The average molecular weight is 473 g/mol. The number of carbonyl (C=O) groups excluding carboxylic acids is 2. The van der Waals surface area contributed by atoms with E-state index in [4.69, 9.17) is 11.6 Å². The third-order valence-corrected chi connectivity index (χ3v) is 4.26. The van der Waals surface area contributed by atoms with Gasteiger partial charge < -0.3 is 0 Å². The van der Waals surface area contributed by atoms with Crippen molar-refractivity contribution in [1.29, 1.82) is 0 Å². The second-order valence-corrected chi connectivity index (χ2v) is 6.59. The molecule has 0 aliphatic rings. The van der Waals surface area contributed by atoms with Gasteiger partial charge in [0.15, 0.2) is 0 Å². The summed E-state index contributed by atoms with van der Waals surface area (Å²) in [6, 6.07) is 10.7. The molecule has 15 heteroatoms. The van der Waals surface area contributed by atoms with Crippen molar-refractivity contribution in [2.75, 3.05) is 10.9 Å². The maximum atomic E-state index is 12.2. The monoisotopic (exact) mass is 472 g/mol. The second-order valence-electron chi connectivity index (χ2n) is 6.15. The van der Waals surface area contributed by atoms with Crippen molar-refractivity contribution in [3.63, 3.8) is 0 Å². The van der Waals surface area contributed by atoms with Crippen LogP contribution in [0.15, 0.2) is 54.9 Å². The third kappa shape index (κ3) is 5.65. The summed E-state index contributed by atoms with van der Waals surface area (Å²) < 4.78 is 0. The van der Waals surface area contributed by atoms with E-state index in [1.54, 1.807) is 12.1 Å². The molecule has 0 unspecified atom stereocenters. The van der Waals surface area contributed by atoms with Crippen LogP contribution >= 0.6 is 11.6 Å². The molecule has 2 amide bonds.